The number of unbranched alkanes of at least 4 members (excludes halogenated alkanes) is 30. The lowest BCUT2D eigenvalue weighted by atomic mass is 10.0. The zero-order valence-corrected chi connectivity index (χ0v) is 40.4. The molecule has 0 aliphatic rings. The van der Waals surface area contributed by atoms with E-state index in [0.717, 1.165) is 38.5 Å². The van der Waals surface area contributed by atoms with E-state index in [1.165, 1.54) is 167 Å². The van der Waals surface area contributed by atoms with Crippen molar-refractivity contribution in [2.24, 2.45) is 0 Å². The van der Waals surface area contributed by atoms with Crippen LogP contribution in [-0.4, -0.2) is 70.0 Å². The summed E-state index contributed by atoms with van der Waals surface area (Å²) in [5.41, 5.74) is 0. The molecule has 0 aromatic carbocycles. The van der Waals surface area contributed by atoms with E-state index in [-0.39, 0.29) is 32.0 Å². The molecule has 0 spiro atoms. The second kappa shape index (κ2) is 42.1. The lowest BCUT2D eigenvalue weighted by molar-refractivity contribution is -0.870. The van der Waals surface area contributed by atoms with Gasteiger partial charge in [0.2, 0.25) is 0 Å². The summed E-state index contributed by atoms with van der Waals surface area (Å²) in [6, 6.07) is 0. The Morgan fingerprint density at radius 1 is 0.508 bits per heavy atom. The molecule has 0 aromatic rings. The Balaban J connectivity index is 4.25. The Bertz CT molecular complexity index is 1020. The van der Waals surface area contributed by atoms with Gasteiger partial charge in [-0.2, -0.15) is 0 Å². The molecule has 2 unspecified atom stereocenters. The van der Waals surface area contributed by atoms with Crippen molar-refractivity contribution in [2.45, 2.75) is 245 Å². The molecule has 0 amide bonds. The van der Waals surface area contributed by atoms with Crippen LogP contribution >= 0.6 is 7.82 Å². The lowest BCUT2D eigenvalue weighted by Gasteiger charge is -2.28. The van der Waals surface area contributed by atoms with Gasteiger partial charge in [-0.15, -0.1) is 0 Å². The van der Waals surface area contributed by atoms with Crippen molar-refractivity contribution in [3.8, 4) is 0 Å². The highest BCUT2D eigenvalue weighted by Gasteiger charge is 2.21. The molecule has 0 aromatic heterocycles. The first-order valence-corrected chi connectivity index (χ1v) is 26.4. The Hall–Kier alpha value is -1.25. The van der Waals surface area contributed by atoms with Crippen molar-refractivity contribution in [1.82, 2.24) is 0 Å². The number of allylic oxidation sites excluding steroid dienone is 2. The van der Waals surface area contributed by atoms with E-state index < -0.39 is 26.5 Å². The van der Waals surface area contributed by atoms with Gasteiger partial charge in [-0.3, -0.25) is 14.2 Å². The predicted molar refractivity (Wildman–Crippen MR) is 245 cm³/mol. The predicted octanol–water partition coefficient (Wildman–Crippen LogP) is 13.9. The third kappa shape index (κ3) is 46.1. The quantitative estimate of drug-likeness (QED) is 0.0196. The van der Waals surface area contributed by atoms with E-state index in [0.29, 0.717) is 17.4 Å². The maximum absolute atomic E-state index is 12.7. The molecule has 0 aliphatic carbocycles. The molecular weight excluding hydrogens is 762 g/mol. The van der Waals surface area contributed by atoms with Crippen LogP contribution in [0.4, 0.5) is 0 Å². The summed E-state index contributed by atoms with van der Waals surface area (Å²) in [5, 5.41) is 0. The minimum absolute atomic E-state index is 0.0278. The zero-order chi connectivity index (χ0) is 43.6. The number of ether oxygens (including phenoxy) is 2. The molecular formula is C49H96NO8P. The minimum Gasteiger partial charge on any atom is -0.756 e. The molecule has 0 aliphatic heterocycles. The Kier molecular flexibility index (Phi) is 41.2. The van der Waals surface area contributed by atoms with Gasteiger partial charge in [-0.05, 0) is 38.5 Å². The number of carbonyl (C=O) groups is 2. The van der Waals surface area contributed by atoms with Gasteiger partial charge < -0.3 is 27.9 Å². The highest BCUT2D eigenvalue weighted by Crippen LogP contribution is 2.38. The van der Waals surface area contributed by atoms with Crippen LogP contribution in [0.1, 0.15) is 239 Å². The van der Waals surface area contributed by atoms with Crippen LogP contribution in [0.15, 0.2) is 12.2 Å². The summed E-state index contributed by atoms with van der Waals surface area (Å²) in [7, 11) is 1.18. The topological polar surface area (TPSA) is 111 Å². The smallest absolute Gasteiger partial charge is 0.306 e. The highest BCUT2D eigenvalue weighted by molar-refractivity contribution is 7.45. The number of hydrogen-bond donors (Lipinski definition) is 0. The van der Waals surface area contributed by atoms with Crippen molar-refractivity contribution in [1.29, 1.82) is 0 Å². The van der Waals surface area contributed by atoms with Crippen LogP contribution < -0.4 is 4.89 Å². The fourth-order valence-corrected chi connectivity index (χ4v) is 7.85. The molecule has 9 nitrogen and oxygen atoms in total. The fraction of sp³-hybridized carbons (Fsp3) is 0.918. The molecule has 350 valence electrons. The summed E-state index contributed by atoms with van der Waals surface area (Å²) >= 11 is 0. The Morgan fingerprint density at radius 3 is 1.25 bits per heavy atom. The first-order valence-electron chi connectivity index (χ1n) is 24.9. The van der Waals surface area contributed by atoms with Crippen LogP contribution in [0.2, 0.25) is 0 Å². The summed E-state index contributed by atoms with van der Waals surface area (Å²) in [4.78, 5) is 37.7. The highest BCUT2D eigenvalue weighted by atomic mass is 31.2. The third-order valence-corrected chi connectivity index (χ3v) is 12.0. The van der Waals surface area contributed by atoms with Crippen molar-refractivity contribution in [3.05, 3.63) is 12.2 Å². The van der Waals surface area contributed by atoms with Gasteiger partial charge in [0.05, 0.1) is 27.7 Å². The monoisotopic (exact) mass is 858 g/mol. The second-order valence-corrected chi connectivity index (χ2v) is 19.6. The maximum atomic E-state index is 12.7. The number of phosphoric acid groups is 1. The summed E-state index contributed by atoms with van der Waals surface area (Å²) < 4.78 is 34.0. The van der Waals surface area contributed by atoms with Gasteiger partial charge in [0, 0.05) is 12.8 Å². The number of nitrogens with zero attached hydrogens (tertiary/aromatic N) is 1. The first-order chi connectivity index (χ1) is 28.5. The minimum atomic E-state index is -4.62. The second-order valence-electron chi connectivity index (χ2n) is 18.2. The molecule has 0 rings (SSSR count). The molecule has 0 N–H and O–H groups in total. The Labute approximate surface area is 365 Å². The molecule has 0 fully saturated rings. The average Bonchev–Trinajstić information content (AvgIpc) is 3.19. The third-order valence-electron chi connectivity index (χ3n) is 11.0. The number of carbonyl (C=O) groups excluding carboxylic acids is 2. The maximum Gasteiger partial charge on any atom is 0.306 e. The van der Waals surface area contributed by atoms with Crippen molar-refractivity contribution in [2.75, 3.05) is 47.5 Å². The summed E-state index contributed by atoms with van der Waals surface area (Å²) in [5.74, 6) is -0.822. The van der Waals surface area contributed by atoms with E-state index in [2.05, 4.69) is 26.0 Å². The van der Waals surface area contributed by atoms with Crippen LogP contribution in [-0.2, 0) is 32.7 Å². The fourth-order valence-electron chi connectivity index (χ4n) is 7.12. The lowest BCUT2D eigenvalue weighted by Crippen LogP contribution is -2.37. The van der Waals surface area contributed by atoms with Gasteiger partial charge in [0.1, 0.15) is 19.8 Å². The van der Waals surface area contributed by atoms with Gasteiger partial charge in [-0.1, -0.05) is 199 Å². The Morgan fingerprint density at radius 2 is 0.864 bits per heavy atom. The number of likely N-dealkylation sites (N-methyl/N-ethyl adjacent to an activating group) is 1. The standard InChI is InChI=1S/C49H96NO8P/c1-6-8-10-12-14-16-18-20-22-24-25-26-28-30-32-34-36-38-40-42-49(52)58-47(46-57-59(53,54)56-44-43-50(3,4)5)45-55-48(51)41-39-37-35-33-31-29-27-23-21-19-17-15-13-11-9-7-2/h20,22,47H,6-19,21,23-46H2,1-5H3/b22-20-. The molecule has 2 atom stereocenters. The van der Waals surface area contributed by atoms with Crippen LogP contribution in [0.3, 0.4) is 0 Å². The molecule has 0 saturated carbocycles. The van der Waals surface area contributed by atoms with E-state index in [9.17, 15) is 19.0 Å². The largest absolute Gasteiger partial charge is 0.756 e. The van der Waals surface area contributed by atoms with E-state index >= 15 is 0 Å². The number of phosphoric ester groups is 1. The van der Waals surface area contributed by atoms with Crippen LogP contribution in [0, 0.1) is 0 Å². The van der Waals surface area contributed by atoms with Gasteiger partial charge in [0.25, 0.3) is 7.82 Å². The zero-order valence-electron chi connectivity index (χ0n) is 39.5. The molecule has 0 heterocycles. The average molecular weight is 858 g/mol. The number of esters is 2. The number of rotatable bonds is 46. The van der Waals surface area contributed by atoms with Crippen molar-refractivity contribution in [3.63, 3.8) is 0 Å². The summed E-state index contributed by atoms with van der Waals surface area (Å²) in [6.45, 7) is 4.27. The molecule has 59 heavy (non-hydrogen) atoms. The van der Waals surface area contributed by atoms with Crippen molar-refractivity contribution < 1.29 is 42.1 Å². The van der Waals surface area contributed by atoms with Crippen molar-refractivity contribution >= 4 is 19.8 Å². The molecule has 0 saturated heterocycles. The molecule has 0 radical (unpaired) electrons. The molecule has 0 bridgehead atoms. The number of hydrogen-bond acceptors (Lipinski definition) is 8. The summed E-state index contributed by atoms with van der Waals surface area (Å²) in [6.07, 6.45) is 45.2. The SMILES string of the molecule is CCCCCCCC/C=C\CCCCCCCCCCCC(=O)OC(COC(=O)CCCCCCCCCCCCCCCCCC)COP(=O)([O-])OCC[N+](C)(C)C. The van der Waals surface area contributed by atoms with Gasteiger partial charge in [0.15, 0.2) is 6.10 Å². The first kappa shape index (κ1) is 57.8. The number of quaternary nitrogens is 1. The van der Waals surface area contributed by atoms with E-state index in [1.54, 1.807) is 0 Å². The molecule has 10 heteroatoms. The van der Waals surface area contributed by atoms with E-state index in [1.807, 2.05) is 21.1 Å². The van der Waals surface area contributed by atoms with Gasteiger partial charge >= 0.3 is 11.9 Å². The van der Waals surface area contributed by atoms with Crippen LogP contribution in [0.25, 0.3) is 0 Å². The normalized spacial score (nSPS) is 13.5. The van der Waals surface area contributed by atoms with Crippen LogP contribution in [0.5, 0.6) is 0 Å². The van der Waals surface area contributed by atoms with Gasteiger partial charge in [-0.25, -0.2) is 0 Å². The van der Waals surface area contributed by atoms with E-state index in [4.69, 9.17) is 18.5 Å².